The molecule has 2 aliphatic rings. The zero-order chi connectivity index (χ0) is 26.5. The summed E-state index contributed by atoms with van der Waals surface area (Å²) >= 11 is 0. The van der Waals surface area contributed by atoms with Crippen molar-refractivity contribution in [2.75, 3.05) is 58.9 Å². The van der Waals surface area contributed by atoms with Crippen molar-refractivity contribution in [2.24, 2.45) is 5.41 Å². The summed E-state index contributed by atoms with van der Waals surface area (Å²) in [4.78, 5) is 32.4. The van der Waals surface area contributed by atoms with E-state index >= 15 is 0 Å². The van der Waals surface area contributed by atoms with Gasteiger partial charge in [-0.15, -0.1) is 0 Å². The fourth-order valence-corrected chi connectivity index (χ4v) is 4.52. The Bertz CT molecular complexity index is 1300. The van der Waals surface area contributed by atoms with Crippen molar-refractivity contribution in [3.8, 4) is 23.0 Å². The molecule has 0 atom stereocenters. The number of hydrogen-bond acceptors (Lipinski definition) is 8. The number of pyridine rings is 1. The first-order chi connectivity index (χ1) is 18.5. The molecule has 0 radical (unpaired) electrons. The van der Waals surface area contributed by atoms with Gasteiger partial charge < -0.3 is 29.6 Å². The van der Waals surface area contributed by atoms with Crippen LogP contribution in [0.4, 0.5) is 5.69 Å². The van der Waals surface area contributed by atoms with Crippen LogP contribution in [0.15, 0.2) is 48.7 Å². The normalized spacial score (nSPS) is 16.5. The molecule has 2 N–H and O–H groups in total. The van der Waals surface area contributed by atoms with Gasteiger partial charge in [-0.1, -0.05) is 0 Å². The molecule has 0 unspecified atom stereocenters. The summed E-state index contributed by atoms with van der Waals surface area (Å²) in [6.45, 7) is 4.42. The highest BCUT2D eigenvalue weighted by atomic mass is 16.5. The second-order valence-corrected chi connectivity index (χ2v) is 9.41. The Morgan fingerprint density at radius 1 is 0.974 bits per heavy atom. The molecular formula is C28H32N4O6. The number of morpholine rings is 1. The lowest BCUT2D eigenvalue weighted by Crippen LogP contribution is -2.45. The van der Waals surface area contributed by atoms with Gasteiger partial charge in [0.2, 0.25) is 11.8 Å². The number of rotatable bonds is 10. The molecule has 0 bridgehead atoms. The fraction of sp³-hybridized carbons (Fsp3) is 0.393. The highest BCUT2D eigenvalue weighted by Gasteiger charge is 2.56. The number of aromatic nitrogens is 1. The van der Waals surface area contributed by atoms with Gasteiger partial charge in [0.25, 0.3) is 0 Å². The van der Waals surface area contributed by atoms with E-state index in [9.17, 15) is 9.59 Å². The summed E-state index contributed by atoms with van der Waals surface area (Å²) in [5.74, 6) is 1.88. The molecule has 3 aromatic rings. The quantitative estimate of drug-likeness (QED) is 0.392. The van der Waals surface area contributed by atoms with Crippen molar-refractivity contribution >= 4 is 28.4 Å². The van der Waals surface area contributed by atoms with Crippen LogP contribution in [0.1, 0.15) is 12.8 Å². The van der Waals surface area contributed by atoms with Crippen molar-refractivity contribution < 1.29 is 28.5 Å². The lowest BCUT2D eigenvalue weighted by atomic mass is 10.0. The minimum Gasteiger partial charge on any atom is -0.493 e. The smallest absolute Gasteiger partial charge is 0.240 e. The number of fused-ring (bicyclic) bond motifs is 1. The van der Waals surface area contributed by atoms with E-state index in [0.717, 1.165) is 25.0 Å². The molecule has 38 heavy (non-hydrogen) atoms. The Balaban J connectivity index is 1.19. The van der Waals surface area contributed by atoms with Gasteiger partial charge in [-0.05, 0) is 49.2 Å². The van der Waals surface area contributed by atoms with Crippen molar-refractivity contribution in [1.29, 1.82) is 0 Å². The molecule has 2 amide bonds. The van der Waals surface area contributed by atoms with Gasteiger partial charge in [-0.2, -0.15) is 0 Å². The number of nitrogens with one attached hydrogen (secondary N) is 2. The van der Waals surface area contributed by atoms with Gasteiger partial charge in [-0.3, -0.25) is 19.5 Å². The Hall–Kier alpha value is -3.89. The highest BCUT2D eigenvalue weighted by molar-refractivity contribution is 6.13. The summed E-state index contributed by atoms with van der Waals surface area (Å²) in [5.41, 5.74) is 0.318. The fourth-order valence-electron chi connectivity index (χ4n) is 4.52. The molecule has 1 aromatic heterocycles. The Kier molecular flexibility index (Phi) is 7.62. The second kappa shape index (κ2) is 11.2. The average molecular weight is 521 g/mol. The zero-order valence-corrected chi connectivity index (χ0v) is 21.6. The standard InChI is InChI=1S/C28H32N4O6/c1-35-24-17-21-22(18-25(24)36-2)29-10-7-23(21)38-20-5-3-19(4-6-20)31-27(34)28(8-9-28)26(33)30-11-12-32-13-15-37-16-14-32/h3-7,10,17-18H,8-9,11-16H2,1-2H3,(H,30,33)(H,31,34). The number of amides is 2. The maximum Gasteiger partial charge on any atom is 0.240 e. The third-order valence-corrected chi connectivity index (χ3v) is 6.98. The van der Waals surface area contributed by atoms with E-state index in [-0.39, 0.29) is 11.8 Å². The number of hydrogen-bond donors (Lipinski definition) is 2. The number of methoxy groups -OCH3 is 2. The number of anilines is 1. The lowest BCUT2D eigenvalue weighted by Gasteiger charge is -2.26. The molecule has 1 aliphatic heterocycles. The first kappa shape index (κ1) is 25.7. The van der Waals surface area contributed by atoms with Gasteiger partial charge in [0, 0.05) is 49.5 Å². The zero-order valence-electron chi connectivity index (χ0n) is 21.6. The summed E-state index contributed by atoms with van der Waals surface area (Å²) in [6, 6.07) is 12.4. The Morgan fingerprint density at radius 2 is 1.68 bits per heavy atom. The number of carbonyl (C=O) groups excluding carboxylic acids is 2. The minimum atomic E-state index is -0.990. The Labute approximate surface area is 221 Å². The molecule has 2 aromatic carbocycles. The van der Waals surface area contributed by atoms with E-state index in [1.54, 1.807) is 56.8 Å². The SMILES string of the molecule is COc1cc2nccc(Oc3ccc(NC(=O)C4(C(=O)NCCN5CCOCC5)CC4)cc3)c2cc1OC. The van der Waals surface area contributed by atoms with Gasteiger partial charge in [-0.25, -0.2) is 0 Å². The van der Waals surface area contributed by atoms with Gasteiger partial charge >= 0.3 is 0 Å². The number of ether oxygens (including phenoxy) is 4. The molecule has 0 spiro atoms. The van der Waals surface area contributed by atoms with Gasteiger partial charge in [0.15, 0.2) is 11.5 Å². The second-order valence-electron chi connectivity index (χ2n) is 9.41. The van der Waals surface area contributed by atoms with E-state index in [4.69, 9.17) is 18.9 Å². The maximum absolute atomic E-state index is 13.0. The van der Waals surface area contributed by atoms with E-state index in [0.29, 0.717) is 66.8 Å². The van der Waals surface area contributed by atoms with Crippen LogP contribution in [0, 0.1) is 5.41 Å². The van der Waals surface area contributed by atoms with Crippen LogP contribution in [0.2, 0.25) is 0 Å². The number of carbonyl (C=O) groups is 2. The van der Waals surface area contributed by atoms with Crippen LogP contribution in [0.3, 0.4) is 0 Å². The summed E-state index contributed by atoms with van der Waals surface area (Å²) in [6.07, 6.45) is 2.76. The predicted molar refractivity (Wildman–Crippen MR) is 142 cm³/mol. The van der Waals surface area contributed by atoms with Gasteiger partial charge in [0.1, 0.15) is 16.9 Å². The van der Waals surface area contributed by atoms with Crippen molar-refractivity contribution in [1.82, 2.24) is 15.2 Å². The molecule has 10 nitrogen and oxygen atoms in total. The van der Waals surface area contributed by atoms with Crippen LogP contribution >= 0.6 is 0 Å². The van der Waals surface area contributed by atoms with Gasteiger partial charge in [0.05, 0.1) is 33.0 Å². The molecule has 1 saturated heterocycles. The van der Waals surface area contributed by atoms with Crippen LogP contribution in [0.5, 0.6) is 23.0 Å². The molecule has 5 rings (SSSR count). The molecular weight excluding hydrogens is 488 g/mol. The average Bonchev–Trinajstić information content (AvgIpc) is 3.76. The summed E-state index contributed by atoms with van der Waals surface area (Å²) in [7, 11) is 3.16. The third-order valence-electron chi connectivity index (χ3n) is 6.98. The monoisotopic (exact) mass is 520 g/mol. The third kappa shape index (κ3) is 5.51. The highest BCUT2D eigenvalue weighted by Crippen LogP contribution is 2.47. The van der Waals surface area contributed by atoms with Crippen LogP contribution in [-0.2, 0) is 14.3 Å². The molecule has 10 heteroatoms. The maximum atomic E-state index is 13.0. The molecule has 1 aliphatic carbocycles. The van der Waals surface area contributed by atoms with E-state index in [1.807, 2.05) is 6.07 Å². The Morgan fingerprint density at radius 3 is 2.37 bits per heavy atom. The number of nitrogens with zero attached hydrogens (tertiary/aromatic N) is 2. The first-order valence-electron chi connectivity index (χ1n) is 12.7. The topological polar surface area (TPSA) is 111 Å². The van der Waals surface area contributed by atoms with Crippen LogP contribution in [0.25, 0.3) is 10.9 Å². The van der Waals surface area contributed by atoms with Crippen molar-refractivity contribution in [3.63, 3.8) is 0 Å². The van der Waals surface area contributed by atoms with Crippen LogP contribution < -0.4 is 24.8 Å². The summed E-state index contributed by atoms with van der Waals surface area (Å²) < 4.78 is 22.2. The van der Waals surface area contributed by atoms with Crippen molar-refractivity contribution in [3.05, 3.63) is 48.7 Å². The molecule has 200 valence electrons. The molecule has 2 fully saturated rings. The predicted octanol–water partition coefficient (Wildman–Crippen LogP) is 3.21. The largest absolute Gasteiger partial charge is 0.493 e. The first-order valence-corrected chi connectivity index (χ1v) is 12.7. The van der Waals surface area contributed by atoms with E-state index < -0.39 is 5.41 Å². The molecule has 1 saturated carbocycles. The minimum absolute atomic E-state index is 0.208. The van der Waals surface area contributed by atoms with E-state index in [2.05, 4.69) is 20.5 Å². The van der Waals surface area contributed by atoms with E-state index in [1.165, 1.54) is 0 Å². The van der Waals surface area contributed by atoms with Crippen molar-refractivity contribution in [2.45, 2.75) is 12.8 Å². The van der Waals surface area contributed by atoms with Crippen LogP contribution in [-0.4, -0.2) is 75.3 Å². The lowest BCUT2D eigenvalue weighted by molar-refractivity contribution is -0.134. The summed E-state index contributed by atoms with van der Waals surface area (Å²) in [5, 5.41) is 6.61. The molecule has 2 heterocycles. The number of benzene rings is 2.